The van der Waals surface area contributed by atoms with E-state index in [9.17, 15) is 13.2 Å². The second-order valence-electron chi connectivity index (χ2n) is 2.61. The zero-order chi connectivity index (χ0) is 11.5. The van der Waals surface area contributed by atoms with E-state index in [2.05, 4.69) is 4.98 Å². The van der Waals surface area contributed by atoms with E-state index in [1.807, 2.05) is 4.72 Å². The van der Waals surface area contributed by atoms with Crippen LogP contribution in [0.25, 0.3) is 0 Å². The van der Waals surface area contributed by atoms with Crippen molar-refractivity contribution in [2.75, 3.05) is 6.54 Å². The van der Waals surface area contributed by atoms with Gasteiger partial charge in [-0.15, -0.1) is 0 Å². The molecule has 0 atom stereocenters. The average Bonchev–Trinajstić information content (AvgIpc) is 2.16. The molecular formula is C7H8ClN3O3S. The second kappa shape index (κ2) is 4.56. The van der Waals surface area contributed by atoms with Crippen LogP contribution in [0.1, 0.15) is 0 Å². The minimum absolute atomic E-state index is 0.0758. The lowest BCUT2D eigenvalue weighted by atomic mass is 10.5. The third-order valence-electron chi connectivity index (χ3n) is 1.45. The largest absolute Gasteiger partial charge is 0.369 e. The van der Waals surface area contributed by atoms with Crippen molar-refractivity contribution in [3.05, 3.63) is 23.5 Å². The van der Waals surface area contributed by atoms with Gasteiger partial charge in [0, 0.05) is 6.20 Å². The number of nitrogens with zero attached hydrogens (tertiary/aromatic N) is 1. The maximum absolute atomic E-state index is 11.4. The molecule has 3 N–H and O–H groups in total. The molecule has 0 aliphatic carbocycles. The molecule has 0 aliphatic rings. The van der Waals surface area contributed by atoms with Gasteiger partial charge in [0.15, 0.2) is 0 Å². The van der Waals surface area contributed by atoms with Gasteiger partial charge in [-0.2, -0.15) is 0 Å². The molecule has 15 heavy (non-hydrogen) atoms. The highest BCUT2D eigenvalue weighted by Gasteiger charge is 2.14. The van der Waals surface area contributed by atoms with E-state index < -0.39 is 22.5 Å². The minimum atomic E-state index is -3.74. The normalized spacial score (nSPS) is 11.3. The third kappa shape index (κ3) is 3.46. The van der Waals surface area contributed by atoms with E-state index in [1.54, 1.807) is 0 Å². The fraction of sp³-hybridized carbons (Fsp3) is 0.143. The summed E-state index contributed by atoms with van der Waals surface area (Å²) < 4.78 is 24.9. The molecule has 0 saturated heterocycles. The standard InChI is InChI=1S/C7H8ClN3O3S/c8-6-2-1-5(3-10-6)15(13,14)11-4-7(9)12/h1-3,11H,4H2,(H2,9,12). The van der Waals surface area contributed by atoms with Gasteiger partial charge < -0.3 is 5.73 Å². The second-order valence-corrected chi connectivity index (χ2v) is 4.76. The zero-order valence-electron chi connectivity index (χ0n) is 7.47. The van der Waals surface area contributed by atoms with Gasteiger partial charge >= 0.3 is 0 Å². The lowest BCUT2D eigenvalue weighted by Gasteiger charge is -2.03. The molecule has 1 aromatic rings. The highest BCUT2D eigenvalue weighted by molar-refractivity contribution is 7.89. The molecule has 0 radical (unpaired) electrons. The summed E-state index contributed by atoms with van der Waals surface area (Å²) in [5, 5.41) is 0.184. The lowest BCUT2D eigenvalue weighted by Crippen LogP contribution is -2.33. The molecule has 0 spiro atoms. The maximum atomic E-state index is 11.4. The van der Waals surface area contributed by atoms with Crippen molar-refractivity contribution in [3.63, 3.8) is 0 Å². The van der Waals surface area contributed by atoms with Crippen LogP contribution in [0.3, 0.4) is 0 Å². The summed E-state index contributed by atoms with van der Waals surface area (Å²) in [4.78, 5) is 13.9. The van der Waals surface area contributed by atoms with Gasteiger partial charge in [-0.05, 0) is 12.1 Å². The molecule has 1 rings (SSSR count). The molecule has 8 heteroatoms. The van der Waals surface area contributed by atoms with E-state index in [4.69, 9.17) is 17.3 Å². The predicted octanol–water partition coefficient (Wildman–Crippen LogP) is -0.501. The first-order valence-corrected chi connectivity index (χ1v) is 5.67. The molecule has 82 valence electrons. The number of hydrogen-bond donors (Lipinski definition) is 2. The summed E-state index contributed by atoms with van der Waals surface area (Å²) in [5.74, 6) is -0.763. The van der Waals surface area contributed by atoms with Gasteiger partial charge in [0.05, 0.1) is 6.54 Å². The summed E-state index contributed by atoms with van der Waals surface area (Å²) >= 11 is 5.49. The van der Waals surface area contributed by atoms with Crippen LogP contribution in [0.2, 0.25) is 5.15 Å². The molecule has 0 saturated carbocycles. The number of carbonyl (C=O) groups is 1. The monoisotopic (exact) mass is 249 g/mol. The summed E-state index contributed by atoms with van der Waals surface area (Å²) in [6.07, 6.45) is 1.09. The smallest absolute Gasteiger partial charge is 0.242 e. The molecule has 1 aromatic heterocycles. The number of nitrogens with one attached hydrogen (secondary N) is 1. The van der Waals surface area contributed by atoms with Crippen LogP contribution in [0, 0.1) is 0 Å². The molecule has 0 fully saturated rings. The molecule has 1 heterocycles. The van der Waals surface area contributed by atoms with Crippen molar-refractivity contribution < 1.29 is 13.2 Å². The number of amides is 1. The SMILES string of the molecule is NC(=O)CNS(=O)(=O)c1ccc(Cl)nc1. The van der Waals surface area contributed by atoms with E-state index in [0.29, 0.717) is 0 Å². The summed E-state index contributed by atoms with van der Waals surface area (Å²) in [5.41, 5.74) is 4.80. The summed E-state index contributed by atoms with van der Waals surface area (Å²) in [6, 6.07) is 2.61. The van der Waals surface area contributed by atoms with Crippen molar-refractivity contribution in [1.82, 2.24) is 9.71 Å². The average molecular weight is 250 g/mol. The van der Waals surface area contributed by atoms with Crippen molar-refractivity contribution in [1.29, 1.82) is 0 Å². The Morgan fingerprint density at radius 2 is 2.20 bits per heavy atom. The Hall–Kier alpha value is -1.18. The van der Waals surface area contributed by atoms with Crippen LogP contribution in [0.5, 0.6) is 0 Å². The predicted molar refractivity (Wildman–Crippen MR) is 53.6 cm³/mol. The molecule has 0 aromatic carbocycles. The van der Waals surface area contributed by atoms with E-state index in [0.717, 1.165) is 6.20 Å². The first-order valence-electron chi connectivity index (χ1n) is 3.81. The number of sulfonamides is 1. The van der Waals surface area contributed by atoms with E-state index >= 15 is 0 Å². The first kappa shape index (κ1) is 11.9. The van der Waals surface area contributed by atoms with Crippen LogP contribution < -0.4 is 10.5 Å². The Bertz CT molecular complexity index is 457. The molecule has 0 unspecified atom stereocenters. The summed E-state index contributed by atoms with van der Waals surface area (Å²) in [7, 11) is -3.74. The van der Waals surface area contributed by atoms with Gasteiger partial charge in [0.2, 0.25) is 15.9 Å². The molecule has 1 amide bonds. The fourth-order valence-electron chi connectivity index (χ4n) is 0.771. The quantitative estimate of drug-likeness (QED) is 0.702. The van der Waals surface area contributed by atoms with Crippen molar-refractivity contribution in [3.8, 4) is 0 Å². The highest BCUT2D eigenvalue weighted by atomic mass is 35.5. The minimum Gasteiger partial charge on any atom is -0.369 e. The van der Waals surface area contributed by atoms with E-state index in [-0.39, 0.29) is 10.0 Å². The van der Waals surface area contributed by atoms with Crippen LogP contribution in [-0.4, -0.2) is 25.9 Å². The lowest BCUT2D eigenvalue weighted by molar-refractivity contribution is -0.116. The van der Waals surface area contributed by atoms with Crippen LogP contribution in [-0.2, 0) is 14.8 Å². The molecule has 6 nitrogen and oxygen atoms in total. The maximum Gasteiger partial charge on any atom is 0.242 e. The molecular weight excluding hydrogens is 242 g/mol. The highest BCUT2D eigenvalue weighted by Crippen LogP contribution is 2.09. The number of halogens is 1. The van der Waals surface area contributed by atoms with Crippen LogP contribution in [0.15, 0.2) is 23.2 Å². The fourth-order valence-corrected chi connectivity index (χ4v) is 1.82. The number of aromatic nitrogens is 1. The Morgan fingerprint density at radius 1 is 1.53 bits per heavy atom. The van der Waals surface area contributed by atoms with Crippen LogP contribution >= 0.6 is 11.6 Å². The van der Waals surface area contributed by atoms with E-state index in [1.165, 1.54) is 12.1 Å². The van der Waals surface area contributed by atoms with Crippen molar-refractivity contribution in [2.24, 2.45) is 5.73 Å². The Kier molecular flexibility index (Phi) is 3.61. The van der Waals surface area contributed by atoms with Gasteiger partial charge in [-0.3, -0.25) is 4.79 Å². The number of hydrogen-bond acceptors (Lipinski definition) is 4. The number of primary amides is 1. The Labute approximate surface area is 91.5 Å². The Balaban J connectivity index is 2.87. The molecule has 0 aliphatic heterocycles. The van der Waals surface area contributed by atoms with Gasteiger partial charge in [0.1, 0.15) is 10.0 Å². The van der Waals surface area contributed by atoms with Gasteiger partial charge in [0.25, 0.3) is 0 Å². The zero-order valence-corrected chi connectivity index (χ0v) is 9.05. The number of pyridine rings is 1. The van der Waals surface area contributed by atoms with Crippen LogP contribution in [0.4, 0.5) is 0 Å². The third-order valence-corrected chi connectivity index (χ3v) is 3.06. The Morgan fingerprint density at radius 3 is 2.67 bits per heavy atom. The summed E-state index contributed by atoms with van der Waals surface area (Å²) in [6.45, 7) is -0.453. The first-order chi connectivity index (χ1) is 6.92. The van der Waals surface area contributed by atoms with Gasteiger partial charge in [-0.25, -0.2) is 18.1 Å². The van der Waals surface area contributed by atoms with Gasteiger partial charge in [-0.1, -0.05) is 11.6 Å². The number of carbonyl (C=O) groups excluding carboxylic acids is 1. The number of nitrogens with two attached hydrogens (primary N) is 1. The molecule has 0 bridgehead atoms. The topological polar surface area (TPSA) is 102 Å². The number of rotatable bonds is 4. The van der Waals surface area contributed by atoms with Crippen molar-refractivity contribution in [2.45, 2.75) is 4.90 Å². The van der Waals surface area contributed by atoms with Crippen molar-refractivity contribution >= 4 is 27.5 Å².